The lowest BCUT2D eigenvalue weighted by Crippen LogP contribution is -2.15. The van der Waals surface area contributed by atoms with Crippen LogP contribution >= 0.6 is 0 Å². The summed E-state index contributed by atoms with van der Waals surface area (Å²) in [5, 5.41) is 7.50. The zero-order valence-electron chi connectivity index (χ0n) is 10.8. The first kappa shape index (κ1) is 12.3. The van der Waals surface area contributed by atoms with Crippen LogP contribution in [0, 0.1) is 0 Å². The van der Waals surface area contributed by atoms with Gasteiger partial charge >= 0.3 is 0 Å². The summed E-state index contributed by atoms with van der Waals surface area (Å²) >= 11 is 0. The molecule has 0 radical (unpaired) electrons. The predicted octanol–water partition coefficient (Wildman–Crippen LogP) is 1.94. The molecule has 6 heteroatoms. The van der Waals surface area contributed by atoms with Crippen LogP contribution in [-0.2, 0) is 0 Å². The summed E-state index contributed by atoms with van der Waals surface area (Å²) in [6.07, 6.45) is 6.57. The van der Waals surface area contributed by atoms with E-state index in [1.165, 1.54) is 0 Å². The van der Waals surface area contributed by atoms with E-state index in [1.54, 1.807) is 24.9 Å². The van der Waals surface area contributed by atoms with Crippen molar-refractivity contribution < 1.29 is 0 Å². The number of hydrogen-bond donors (Lipinski definition) is 2. The summed E-state index contributed by atoms with van der Waals surface area (Å²) in [7, 11) is 0. The van der Waals surface area contributed by atoms with Crippen molar-refractivity contribution in [2.24, 2.45) is 0 Å². The van der Waals surface area contributed by atoms with E-state index in [0.717, 1.165) is 35.6 Å². The first-order chi connectivity index (χ1) is 9.93. The molecule has 3 aromatic rings. The van der Waals surface area contributed by atoms with Crippen molar-refractivity contribution >= 4 is 22.5 Å². The van der Waals surface area contributed by atoms with E-state index in [4.69, 9.17) is 0 Å². The highest BCUT2D eigenvalue weighted by atomic mass is 15.1. The van der Waals surface area contributed by atoms with Crippen LogP contribution < -0.4 is 10.6 Å². The van der Waals surface area contributed by atoms with Crippen LogP contribution in [0.2, 0.25) is 0 Å². The molecule has 100 valence electrons. The lowest BCUT2D eigenvalue weighted by atomic mass is 10.2. The van der Waals surface area contributed by atoms with Gasteiger partial charge in [-0.2, -0.15) is 0 Å². The third-order valence-corrected chi connectivity index (χ3v) is 2.83. The molecular weight excluding hydrogens is 252 g/mol. The Morgan fingerprint density at radius 2 is 1.80 bits per heavy atom. The van der Waals surface area contributed by atoms with Crippen molar-refractivity contribution in [3.05, 3.63) is 49.2 Å². The fraction of sp³-hybridized carbons (Fsp3) is 0.143. The van der Waals surface area contributed by atoms with Crippen molar-refractivity contribution in [2.45, 2.75) is 0 Å². The molecular formula is C14H14N6. The normalized spacial score (nSPS) is 10.4. The van der Waals surface area contributed by atoms with Crippen molar-refractivity contribution in [3.8, 4) is 0 Å². The molecule has 0 spiro atoms. The maximum absolute atomic E-state index is 4.27. The highest BCUT2D eigenvalue weighted by Crippen LogP contribution is 2.17. The number of fused-ring (bicyclic) bond motifs is 1. The van der Waals surface area contributed by atoms with Crippen molar-refractivity contribution in [1.82, 2.24) is 19.9 Å². The number of aromatic nitrogens is 4. The van der Waals surface area contributed by atoms with Gasteiger partial charge in [-0.25, -0.2) is 15.0 Å². The number of hydrogen-bond acceptors (Lipinski definition) is 6. The Bertz CT molecular complexity index is 680. The van der Waals surface area contributed by atoms with Crippen LogP contribution in [-0.4, -0.2) is 33.0 Å². The van der Waals surface area contributed by atoms with Crippen LogP contribution in [0.1, 0.15) is 0 Å². The molecule has 6 nitrogen and oxygen atoms in total. The van der Waals surface area contributed by atoms with Crippen LogP contribution in [0.5, 0.6) is 0 Å². The average molecular weight is 266 g/mol. The summed E-state index contributed by atoms with van der Waals surface area (Å²) < 4.78 is 0. The van der Waals surface area contributed by atoms with Crippen LogP contribution in [0.25, 0.3) is 10.9 Å². The second-order valence-corrected chi connectivity index (χ2v) is 4.18. The minimum absolute atomic E-state index is 0.733. The van der Waals surface area contributed by atoms with Gasteiger partial charge in [0.25, 0.3) is 0 Å². The lowest BCUT2D eigenvalue weighted by molar-refractivity contribution is 1.03. The molecule has 0 aliphatic carbocycles. The van der Waals surface area contributed by atoms with Gasteiger partial charge in [-0.05, 0) is 12.1 Å². The molecule has 0 atom stereocenters. The second kappa shape index (κ2) is 5.92. The molecule has 0 bridgehead atoms. The second-order valence-electron chi connectivity index (χ2n) is 4.18. The Hall–Kier alpha value is -2.76. The van der Waals surface area contributed by atoms with Crippen LogP contribution in [0.3, 0.4) is 0 Å². The number of benzene rings is 1. The largest absolute Gasteiger partial charge is 0.368 e. The molecule has 0 fully saturated rings. The molecule has 0 aliphatic rings. The third kappa shape index (κ3) is 2.80. The van der Waals surface area contributed by atoms with Crippen molar-refractivity contribution in [2.75, 3.05) is 23.7 Å². The van der Waals surface area contributed by atoms with Crippen LogP contribution in [0.15, 0.2) is 49.2 Å². The van der Waals surface area contributed by atoms with E-state index in [0.29, 0.717) is 0 Å². The molecule has 3 rings (SSSR count). The fourth-order valence-corrected chi connectivity index (χ4v) is 1.91. The van der Waals surface area contributed by atoms with Crippen molar-refractivity contribution in [3.63, 3.8) is 0 Å². The van der Waals surface area contributed by atoms with Gasteiger partial charge in [0.2, 0.25) is 0 Å². The van der Waals surface area contributed by atoms with Gasteiger partial charge in [0, 0.05) is 30.9 Å². The van der Waals surface area contributed by atoms with Crippen molar-refractivity contribution in [1.29, 1.82) is 0 Å². The molecule has 1 aromatic carbocycles. The highest BCUT2D eigenvalue weighted by molar-refractivity contribution is 5.88. The molecule has 0 saturated carbocycles. The summed E-state index contributed by atoms with van der Waals surface area (Å²) in [5.41, 5.74) is 0.937. The van der Waals surface area contributed by atoms with Crippen LogP contribution in [0.4, 0.5) is 11.6 Å². The maximum atomic E-state index is 4.27. The fourth-order valence-electron chi connectivity index (χ4n) is 1.91. The zero-order chi connectivity index (χ0) is 13.6. The van der Waals surface area contributed by atoms with E-state index in [1.807, 2.05) is 24.3 Å². The van der Waals surface area contributed by atoms with Gasteiger partial charge < -0.3 is 10.6 Å². The minimum atomic E-state index is 0.733. The number of nitrogens with one attached hydrogen (secondary N) is 2. The minimum Gasteiger partial charge on any atom is -0.368 e. The van der Waals surface area contributed by atoms with E-state index < -0.39 is 0 Å². The van der Waals surface area contributed by atoms with E-state index in [2.05, 4.69) is 30.6 Å². The number of rotatable bonds is 5. The SMILES string of the molecule is c1ccc2c(NCCNc3cnccn3)ncnc2c1. The van der Waals surface area contributed by atoms with Gasteiger partial charge in [-0.3, -0.25) is 4.98 Å². The molecule has 2 N–H and O–H groups in total. The number of nitrogens with zero attached hydrogens (tertiary/aromatic N) is 4. The Labute approximate surface area is 116 Å². The number of anilines is 2. The smallest absolute Gasteiger partial charge is 0.144 e. The molecule has 2 aromatic heterocycles. The van der Waals surface area contributed by atoms with Gasteiger partial charge in [0.05, 0.1) is 11.7 Å². The van der Waals surface area contributed by atoms with E-state index in [9.17, 15) is 0 Å². The monoisotopic (exact) mass is 266 g/mol. The predicted molar refractivity (Wildman–Crippen MR) is 78.5 cm³/mol. The Kier molecular flexibility index (Phi) is 3.64. The van der Waals surface area contributed by atoms with E-state index in [-0.39, 0.29) is 0 Å². The topological polar surface area (TPSA) is 75.6 Å². The lowest BCUT2D eigenvalue weighted by Gasteiger charge is -2.09. The summed E-state index contributed by atoms with van der Waals surface area (Å²) in [6, 6.07) is 7.93. The molecule has 0 amide bonds. The highest BCUT2D eigenvalue weighted by Gasteiger charge is 2.01. The van der Waals surface area contributed by atoms with Gasteiger partial charge in [0.1, 0.15) is 18.0 Å². The standard InChI is InChI=1S/C14H14N6/c1-2-4-12-11(3-1)14(20-10-19-12)18-8-7-17-13-9-15-5-6-16-13/h1-6,9-10H,7-8H2,(H,16,17)(H,18,19,20). The Morgan fingerprint density at radius 3 is 2.70 bits per heavy atom. The average Bonchev–Trinajstić information content (AvgIpc) is 2.53. The Morgan fingerprint density at radius 1 is 0.900 bits per heavy atom. The molecule has 0 saturated heterocycles. The molecule has 2 heterocycles. The van der Waals surface area contributed by atoms with E-state index >= 15 is 0 Å². The van der Waals surface area contributed by atoms with Gasteiger partial charge in [-0.15, -0.1) is 0 Å². The number of para-hydroxylation sites is 1. The maximum Gasteiger partial charge on any atom is 0.144 e. The molecule has 0 unspecified atom stereocenters. The summed E-state index contributed by atoms with van der Waals surface area (Å²) in [5.74, 6) is 1.61. The zero-order valence-corrected chi connectivity index (χ0v) is 10.8. The quantitative estimate of drug-likeness (QED) is 0.687. The molecule has 0 aliphatic heterocycles. The third-order valence-electron chi connectivity index (χ3n) is 2.83. The summed E-state index contributed by atoms with van der Waals surface area (Å²) in [6.45, 7) is 1.47. The van der Waals surface area contributed by atoms with Gasteiger partial charge in [-0.1, -0.05) is 12.1 Å². The van der Waals surface area contributed by atoms with Gasteiger partial charge in [0.15, 0.2) is 0 Å². The first-order valence-electron chi connectivity index (χ1n) is 6.37. The first-order valence-corrected chi connectivity index (χ1v) is 6.37. The molecule has 20 heavy (non-hydrogen) atoms. The Balaban J connectivity index is 1.60. The summed E-state index contributed by atoms with van der Waals surface area (Å²) in [4.78, 5) is 16.6.